The highest BCUT2D eigenvalue weighted by atomic mass is 19.1. The van der Waals surface area contributed by atoms with E-state index in [1.807, 2.05) is 0 Å². The van der Waals surface area contributed by atoms with Gasteiger partial charge in [-0.2, -0.15) is 0 Å². The largest absolute Gasteiger partial charge is 0.481 e. The zero-order valence-corrected chi connectivity index (χ0v) is 9.23. The molecule has 0 fully saturated rings. The van der Waals surface area contributed by atoms with Gasteiger partial charge < -0.3 is 5.11 Å². The highest BCUT2D eigenvalue weighted by Crippen LogP contribution is 2.21. The Morgan fingerprint density at radius 2 is 1.78 bits per heavy atom. The Morgan fingerprint density at radius 3 is 2.28 bits per heavy atom. The summed E-state index contributed by atoms with van der Waals surface area (Å²) >= 11 is 0. The number of benzene rings is 1. The van der Waals surface area contributed by atoms with Crippen molar-refractivity contribution >= 4 is 5.97 Å². The first-order valence-electron chi connectivity index (χ1n) is 5.18. The molecule has 0 amide bonds. The SMILES string of the molecule is O=C(O)Cc1ccc(-c2cc(F)cc(F)c2)cn1. The van der Waals surface area contributed by atoms with Crippen LogP contribution in [0.25, 0.3) is 11.1 Å². The highest BCUT2D eigenvalue weighted by molar-refractivity contribution is 5.70. The van der Waals surface area contributed by atoms with Crippen molar-refractivity contribution in [1.29, 1.82) is 0 Å². The van der Waals surface area contributed by atoms with Crippen molar-refractivity contribution in [2.45, 2.75) is 6.42 Å². The van der Waals surface area contributed by atoms with Crippen LogP contribution in [0.1, 0.15) is 5.69 Å². The van der Waals surface area contributed by atoms with Crippen molar-refractivity contribution in [1.82, 2.24) is 4.98 Å². The maximum atomic E-state index is 13.0. The maximum absolute atomic E-state index is 13.0. The molecule has 0 saturated heterocycles. The average molecular weight is 249 g/mol. The van der Waals surface area contributed by atoms with Crippen LogP contribution in [0.3, 0.4) is 0 Å². The van der Waals surface area contributed by atoms with Gasteiger partial charge >= 0.3 is 5.97 Å². The van der Waals surface area contributed by atoms with Gasteiger partial charge in [0.05, 0.1) is 12.1 Å². The smallest absolute Gasteiger partial charge is 0.309 e. The van der Waals surface area contributed by atoms with Gasteiger partial charge in [-0.05, 0) is 23.8 Å². The summed E-state index contributed by atoms with van der Waals surface area (Å²) in [5.41, 5.74) is 1.28. The van der Waals surface area contributed by atoms with Crippen molar-refractivity contribution in [2.24, 2.45) is 0 Å². The van der Waals surface area contributed by atoms with Crippen LogP contribution < -0.4 is 0 Å². The summed E-state index contributed by atoms with van der Waals surface area (Å²) in [6.07, 6.45) is 1.21. The number of halogens is 2. The molecule has 18 heavy (non-hydrogen) atoms. The van der Waals surface area contributed by atoms with Gasteiger partial charge in [-0.1, -0.05) is 6.07 Å². The predicted molar refractivity (Wildman–Crippen MR) is 60.9 cm³/mol. The van der Waals surface area contributed by atoms with E-state index in [1.165, 1.54) is 24.4 Å². The van der Waals surface area contributed by atoms with Crippen LogP contribution in [0, 0.1) is 11.6 Å². The van der Waals surface area contributed by atoms with E-state index in [-0.39, 0.29) is 6.42 Å². The van der Waals surface area contributed by atoms with E-state index >= 15 is 0 Å². The van der Waals surface area contributed by atoms with E-state index < -0.39 is 17.6 Å². The minimum Gasteiger partial charge on any atom is -0.481 e. The molecule has 0 bridgehead atoms. The number of aromatic nitrogens is 1. The molecular formula is C13H9F2NO2. The summed E-state index contributed by atoms with van der Waals surface area (Å²) < 4.78 is 26.1. The number of carboxylic acid groups (broad SMARTS) is 1. The molecule has 0 aliphatic heterocycles. The van der Waals surface area contributed by atoms with Crippen LogP contribution in [0.5, 0.6) is 0 Å². The van der Waals surface area contributed by atoms with Gasteiger partial charge in [0.25, 0.3) is 0 Å². The lowest BCUT2D eigenvalue weighted by Crippen LogP contribution is -2.01. The van der Waals surface area contributed by atoms with Crippen LogP contribution in [-0.4, -0.2) is 16.1 Å². The van der Waals surface area contributed by atoms with Gasteiger partial charge in [-0.3, -0.25) is 9.78 Å². The van der Waals surface area contributed by atoms with E-state index in [2.05, 4.69) is 4.98 Å². The maximum Gasteiger partial charge on any atom is 0.309 e. The van der Waals surface area contributed by atoms with Crippen LogP contribution in [0.2, 0.25) is 0 Å². The molecule has 1 heterocycles. The molecule has 0 aliphatic rings. The molecule has 3 nitrogen and oxygen atoms in total. The van der Waals surface area contributed by atoms with Crippen molar-refractivity contribution in [3.05, 3.63) is 53.9 Å². The van der Waals surface area contributed by atoms with E-state index in [0.717, 1.165) is 6.07 Å². The van der Waals surface area contributed by atoms with Gasteiger partial charge in [-0.25, -0.2) is 8.78 Å². The lowest BCUT2D eigenvalue weighted by Gasteiger charge is -2.03. The van der Waals surface area contributed by atoms with E-state index in [4.69, 9.17) is 5.11 Å². The van der Waals surface area contributed by atoms with Crippen LogP contribution in [0.15, 0.2) is 36.5 Å². The summed E-state index contributed by atoms with van der Waals surface area (Å²) in [5.74, 6) is -2.31. The molecule has 1 aromatic carbocycles. The Balaban J connectivity index is 2.31. The number of carbonyl (C=O) groups is 1. The second kappa shape index (κ2) is 4.91. The molecule has 0 radical (unpaired) electrons. The number of hydrogen-bond donors (Lipinski definition) is 1. The third kappa shape index (κ3) is 2.88. The normalized spacial score (nSPS) is 10.3. The minimum atomic E-state index is -0.980. The topological polar surface area (TPSA) is 50.2 Å². The number of nitrogens with zero attached hydrogens (tertiary/aromatic N) is 1. The Bertz CT molecular complexity index is 562. The fourth-order valence-corrected chi connectivity index (χ4v) is 1.58. The van der Waals surface area contributed by atoms with Gasteiger partial charge in [0.1, 0.15) is 11.6 Å². The molecular weight excluding hydrogens is 240 g/mol. The van der Waals surface area contributed by atoms with Gasteiger partial charge in [0.15, 0.2) is 0 Å². The molecule has 0 aliphatic carbocycles. The lowest BCUT2D eigenvalue weighted by molar-refractivity contribution is -0.136. The van der Waals surface area contributed by atoms with E-state index in [0.29, 0.717) is 16.8 Å². The quantitative estimate of drug-likeness (QED) is 0.909. The number of rotatable bonds is 3. The van der Waals surface area contributed by atoms with Crippen LogP contribution >= 0.6 is 0 Å². The first kappa shape index (κ1) is 12.2. The Labute approximate surface area is 102 Å². The Hall–Kier alpha value is -2.30. The summed E-state index contributed by atoms with van der Waals surface area (Å²) in [6, 6.07) is 6.27. The Kier molecular flexibility index (Phi) is 3.32. The molecule has 0 saturated carbocycles. The number of carboxylic acids is 1. The zero-order chi connectivity index (χ0) is 13.1. The lowest BCUT2D eigenvalue weighted by atomic mass is 10.1. The van der Waals surface area contributed by atoms with Crippen molar-refractivity contribution in [3.63, 3.8) is 0 Å². The second-order valence-corrected chi connectivity index (χ2v) is 3.77. The summed E-state index contributed by atoms with van der Waals surface area (Å²) in [6.45, 7) is 0. The molecule has 0 spiro atoms. The van der Waals surface area contributed by atoms with Gasteiger partial charge in [0, 0.05) is 17.8 Å². The van der Waals surface area contributed by atoms with Crippen LogP contribution in [0.4, 0.5) is 8.78 Å². The fourth-order valence-electron chi connectivity index (χ4n) is 1.58. The fraction of sp³-hybridized carbons (Fsp3) is 0.0769. The van der Waals surface area contributed by atoms with Crippen molar-refractivity contribution in [3.8, 4) is 11.1 Å². The molecule has 0 atom stereocenters. The summed E-state index contributed by atoms with van der Waals surface area (Å²) in [4.78, 5) is 14.4. The number of pyridine rings is 1. The van der Waals surface area contributed by atoms with Gasteiger partial charge in [-0.15, -0.1) is 0 Å². The third-order valence-electron chi connectivity index (χ3n) is 2.35. The Morgan fingerprint density at radius 1 is 1.11 bits per heavy atom. The molecule has 2 aromatic rings. The minimum absolute atomic E-state index is 0.183. The summed E-state index contributed by atoms with van der Waals surface area (Å²) in [5, 5.41) is 8.59. The number of hydrogen-bond acceptors (Lipinski definition) is 2. The zero-order valence-electron chi connectivity index (χ0n) is 9.23. The van der Waals surface area contributed by atoms with Crippen molar-refractivity contribution in [2.75, 3.05) is 0 Å². The average Bonchev–Trinajstić information content (AvgIpc) is 2.27. The molecule has 0 unspecified atom stereocenters. The van der Waals surface area contributed by atoms with E-state index in [9.17, 15) is 13.6 Å². The molecule has 1 aromatic heterocycles. The molecule has 2 rings (SSSR count). The standard InChI is InChI=1S/C13H9F2NO2/c14-10-3-9(4-11(15)5-10)8-1-2-12(16-7-8)6-13(17)18/h1-5,7H,6H2,(H,17,18). The van der Waals surface area contributed by atoms with Crippen LogP contribution in [-0.2, 0) is 11.2 Å². The first-order chi connectivity index (χ1) is 8.54. The number of aliphatic carboxylic acids is 1. The molecule has 5 heteroatoms. The van der Waals surface area contributed by atoms with E-state index in [1.54, 1.807) is 6.07 Å². The first-order valence-corrected chi connectivity index (χ1v) is 5.18. The monoisotopic (exact) mass is 249 g/mol. The predicted octanol–water partition coefficient (Wildman–Crippen LogP) is 2.65. The second-order valence-electron chi connectivity index (χ2n) is 3.77. The molecule has 92 valence electrons. The van der Waals surface area contributed by atoms with Crippen molar-refractivity contribution < 1.29 is 18.7 Å². The third-order valence-corrected chi connectivity index (χ3v) is 2.35. The highest BCUT2D eigenvalue weighted by Gasteiger charge is 2.05. The summed E-state index contributed by atoms with van der Waals surface area (Å²) in [7, 11) is 0. The van der Waals surface area contributed by atoms with Gasteiger partial charge in [0.2, 0.25) is 0 Å². The molecule has 1 N–H and O–H groups in total.